The molecule has 0 bridgehead atoms. The number of carbonyl (C=O) groups is 1. The molecule has 1 aliphatic heterocycles. The van der Waals surface area contributed by atoms with Crippen LogP contribution >= 0.6 is 11.6 Å². The van der Waals surface area contributed by atoms with E-state index in [-0.39, 0.29) is 29.6 Å². The summed E-state index contributed by atoms with van der Waals surface area (Å²) in [5.74, 6) is -0.0237. The lowest BCUT2D eigenvalue weighted by atomic mass is 10.2. The number of anilines is 2. The van der Waals surface area contributed by atoms with Gasteiger partial charge in [-0.1, -0.05) is 23.7 Å². The Morgan fingerprint density at radius 1 is 1.31 bits per heavy atom. The van der Waals surface area contributed by atoms with Gasteiger partial charge in [-0.25, -0.2) is 0 Å². The Bertz CT molecular complexity index is 826. The third-order valence-electron chi connectivity index (χ3n) is 3.67. The minimum Gasteiger partial charge on any atom is -0.481 e. The highest BCUT2D eigenvalue weighted by atomic mass is 35.5. The molecule has 1 amide bonds. The Balaban J connectivity index is 1.58. The molecular formula is C17H16ClN3O5. The Kier molecular flexibility index (Phi) is 5.55. The first-order chi connectivity index (χ1) is 12.5. The van der Waals surface area contributed by atoms with Crippen LogP contribution in [0, 0.1) is 10.1 Å². The lowest BCUT2D eigenvalue weighted by Gasteiger charge is -2.19. The minimum absolute atomic E-state index is 0.127. The summed E-state index contributed by atoms with van der Waals surface area (Å²) < 4.78 is 10.7. The first-order valence-electron chi connectivity index (χ1n) is 7.84. The average molecular weight is 378 g/mol. The lowest BCUT2D eigenvalue weighted by molar-refractivity contribution is -0.384. The molecule has 1 aliphatic rings. The van der Waals surface area contributed by atoms with Crippen LogP contribution in [-0.2, 0) is 16.1 Å². The number of amides is 1. The summed E-state index contributed by atoms with van der Waals surface area (Å²) in [5.41, 5.74) is 1.54. The number of rotatable bonds is 7. The number of halogens is 1. The Morgan fingerprint density at radius 3 is 2.81 bits per heavy atom. The van der Waals surface area contributed by atoms with E-state index < -0.39 is 4.92 Å². The van der Waals surface area contributed by atoms with Gasteiger partial charge >= 0.3 is 0 Å². The number of hydrogen-bond acceptors (Lipinski definition) is 6. The van der Waals surface area contributed by atoms with Crippen LogP contribution < -0.4 is 15.4 Å². The van der Waals surface area contributed by atoms with E-state index in [2.05, 4.69) is 10.6 Å². The van der Waals surface area contributed by atoms with Crippen LogP contribution in [0.1, 0.15) is 5.56 Å². The van der Waals surface area contributed by atoms with Crippen LogP contribution in [-0.4, -0.2) is 30.6 Å². The number of nitro groups is 1. The van der Waals surface area contributed by atoms with Crippen molar-refractivity contribution in [3.8, 4) is 5.75 Å². The maximum absolute atomic E-state index is 11.4. The van der Waals surface area contributed by atoms with Crippen LogP contribution in [0.3, 0.4) is 0 Å². The van der Waals surface area contributed by atoms with Gasteiger partial charge in [0.1, 0.15) is 5.69 Å². The second kappa shape index (κ2) is 8.03. The normalized spacial score (nSPS) is 12.7. The Morgan fingerprint density at radius 2 is 2.08 bits per heavy atom. The highest BCUT2D eigenvalue weighted by Gasteiger charge is 2.23. The van der Waals surface area contributed by atoms with Gasteiger partial charge in [0.15, 0.2) is 12.4 Å². The maximum atomic E-state index is 11.4. The molecule has 2 aromatic carbocycles. The van der Waals surface area contributed by atoms with Crippen molar-refractivity contribution in [3.05, 3.63) is 57.1 Å². The minimum atomic E-state index is -0.503. The molecule has 0 atom stereocenters. The fourth-order valence-corrected chi connectivity index (χ4v) is 2.56. The summed E-state index contributed by atoms with van der Waals surface area (Å²) in [6, 6.07) is 10.1. The average Bonchev–Trinajstić information content (AvgIpc) is 2.62. The predicted octanol–water partition coefficient (Wildman–Crippen LogP) is 3.21. The number of hydrogen-bond donors (Lipinski definition) is 2. The van der Waals surface area contributed by atoms with Gasteiger partial charge in [-0.2, -0.15) is 0 Å². The van der Waals surface area contributed by atoms with E-state index in [1.165, 1.54) is 12.1 Å². The highest BCUT2D eigenvalue weighted by molar-refractivity contribution is 6.30. The first-order valence-corrected chi connectivity index (χ1v) is 8.22. The number of fused-ring (bicyclic) bond motifs is 1. The quantitative estimate of drug-likeness (QED) is 0.436. The third kappa shape index (κ3) is 4.41. The number of nitrogens with zero attached hydrogens (tertiary/aromatic N) is 1. The molecule has 9 heteroatoms. The zero-order valence-corrected chi connectivity index (χ0v) is 14.4. The van der Waals surface area contributed by atoms with E-state index in [1.807, 2.05) is 12.1 Å². The van der Waals surface area contributed by atoms with E-state index in [9.17, 15) is 14.9 Å². The van der Waals surface area contributed by atoms with Crippen molar-refractivity contribution < 1.29 is 19.2 Å². The van der Waals surface area contributed by atoms with Gasteiger partial charge in [-0.05, 0) is 23.8 Å². The molecule has 0 aliphatic carbocycles. The summed E-state index contributed by atoms with van der Waals surface area (Å²) in [4.78, 5) is 22.1. The van der Waals surface area contributed by atoms with Crippen molar-refractivity contribution in [3.63, 3.8) is 0 Å². The van der Waals surface area contributed by atoms with E-state index >= 15 is 0 Å². The summed E-state index contributed by atoms with van der Waals surface area (Å²) >= 11 is 5.82. The molecule has 3 rings (SSSR count). The molecular weight excluding hydrogens is 362 g/mol. The highest BCUT2D eigenvalue weighted by Crippen LogP contribution is 2.37. The fourth-order valence-electron chi connectivity index (χ4n) is 2.44. The molecule has 8 nitrogen and oxygen atoms in total. The number of ether oxygens (including phenoxy) is 2. The number of nitrogens with one attached hydrogen (secondary N) is 2. The van der Waals surface area contributed by atoms with E-state index in [0.717, 1.165) is 5.56 Å². The van der Waals surface area contributed by atoms with Crippen molar-refractivity contribution in [1.29, 1.82) is 0 Å². The van der Waals surface area contributed by atoms with Gasteiger partial charge in [-0.3, -0.25) is 14.9 Å². The standard InChI is InChI=1S/C17H16ClN3O5/c18-12-3-1-11(2-4-12)9-25-6-5-19-13-7-14-16(8-15(13)21(23)24)26-10-17(22)20-14/h1-4,7-8,19H,5-6,9-10H2,(H,20,22). The topological polar surface area (TPSA) is 103 Å². The zero-order chi connectivity index (χ0) is 18.5. The molecule has 26 heavy (non-hydrogen) atoms. The monoisotopic (exact) mass is 377 g/mol. The molecule has 1 heterocycles. The molecule has 0 saturated heterocycles. The summed E-state index contributed by atoms with van der Waals surface area (Å²) in [6.07, 6.45) is 0. The SMILES string of the molecule is O=C1COc2cc([N+](=O)[O-])c(NCCOCc3ccc(Cl)cc3)cc2N1. The lowest BCUT2D eigenvalue weighted by Crippen LogP contribution is -2.25. The Hall–Kier alpha value is -2.84. The summed E-state index contributed by atoms with van der Waals surface area (Å²) in [6.45, 7) is 0.965. The van der Waals surface area contributed by atoms with Gasteiger partial charge in [0.05, 0.1) is 29.9 Å². The molecule has 2 N–H and O–H groups in total. The van der Waals surface area contributed by atoms with Crippen LogP contribution in [0.15, 0.2) is 36.4 Å². The zero-order valence-electron chi connectivity index (χ0n) is 13.7. The second-order valence-electron chi connectivity index (χ2n) is 5.57. The van der Waals surface area contributed by atoms with Gasteiger partial charge in [0.2, 0.25) is 0 Å². The molecule has 0 saturated carbocycles. The van der Waals surface area contributed by atoms with Crippen molar-refractivity contribution in [2.45, 2.75) is 6.61 Å². The smallest absolute Gasteiger partial charge is 0.296 e. The number of benzene rings is 2. The Labute approximate surface area is 154 Å². The van der Waals surface area contributed by atoms with E-state index in [1.54, 1.807) is 12.1 Å². The van der Waals surface area contributed by atoms with Crippen molar-refractivity contribution in [2.24, 2.45) is 0 Å². The molecule has 0 unspecified atom stereocenters. The summed E-state index contributed by atoms with van der Waals surface area (Å²) in [5, 5.41) is 17.5. The third-order valence-corrected chi connectivity index (χ3v) is 3.92. The molecule has 0 fully saturated rings. The van der Waals surface area contributed by atoms with Crippen LogP contribution in [0.5, 0.6) is 5.75 Å². The molecule has 0 radical (unpaired) electrons. The van der Waals surface area contributed by atoms with Crippen molar-refractivity contribution in [1.82, 2.24) is 0 Å². The van der Waals surface area contributed by atoms with Crippen molar-refractivity contribution in [2.75, 3.05) is 30.4 Å². The number of nitro benzene ring substituents is 1. The van der Waals surface area contributed by atoms with Crippen LogP contribution in [0.25, 0.3) is 0 Å². The largest absolute Gasteiger partial charge is 0.481 e. The van der Waals surface area contributed by atoms with E-state index in [4.69, 9.17) is 21.1 Å². The second-order valence-corrected chi connectivity index (χ2v) is 6.00. The maximum Gasteiger partial charge on any atom is 0.296 e. The van der Waals surface area contributed by atoms with Crippen molar-refractivity contribution >= 4 is 34.6 Å². The van der Waals surface area contributed by atoms with Gasteiger partial charge in [-0.15, -0.1) is 0 Å². The predicted molar refractivity (Wildman–Crippen MR) is 96.8 cm³/mol. The first kappa shape index (κ1) is 18.0. The van der Waals surface area contributed by atoms with Crippen LogP contribution in [0.4, 0.5) is 17.1 Å². The van der Waals surface area contributed by atoms with Gasteiger partial charge in [0, 0.05) is 11.6 Å². The fraction of sp³-hybridized carbons (Fsp3) is 0.235. The van der Waals surface area contributed by atoms with Gasteiger partial charge < -0.3 is 20.1 Å². The summed E-state index contributed by atoms with van der Waals surface area (Å²) in [7, 11) is 0. The van der Waals surface area contributed by atoms with E-state index in [0.29, 0.717) is 30.5 Å². The molecule has 0 aromatic heterocycles. The number of carbonyl (C=O) groups excluding carboxylic acids is 1. The molecule has 2 aromatic rings. The molecule has 136 valence electrons. The molecule has 0 spiro atoms. The van der Waals surface area contributed by atoms with Crippen LogP contribution in [0.2, 0.25) is 5.02 Å². The van der Waals surface area contributed by atoms with Gasteiger partial charge in [0.25, 0.3) is 11.6 Å².